The molecular weight excluding hydrogens is 326 g/mol. The molecule has 0 aliphatic heterocycles. The predicted octanol–water partition coefficient (Wildman–Crippen LogP) is 2.38. The molecule has 2 N–H and O–H groups in total. The molecule has 6 nitrogen and oxygen atoms in total. The Morgan fingerprint density at radius 1 is 1.50 bits per heavy atom. The van der Waals surface area contributed by atoms with Gasteiger partial charge in [-0.25, -0.2) is 4.79 Å². The number of carboxylic acids is 1. The summed E-state index contributed by atoms with van der Waals surface area (Å²) in [4.78, 5) is 28.1. The fraction of sp³-hybridized carbons (Fsp3) is 0.529. The molecule has 1 heterocycles. The van der Waals surface area contributed by atoms with Gasteiger partial charge in [0.05, 0.1) is 13.1 Å². The van der Waals surface area contributed by atoms with E-state index in [0.717, 1.165) is 17.7 Å². The van der Waals surface area contributed by atoms with E-state index in [1.54, 1.807) is 22.3 Å². The molecule has 7 heteroatoms. The fourth-order valence-corrected chi connectivity index (χ4v) is 3.63. The molecule has 1 aliphatic rings. The Morgan fingerprint density at radius 3 is 2.79 bits per heavy atom. The molecule has 132 valence electrons. The van der Waals surface area contributed by atoms with Gasteiger partial charge in [-0.1, -0.05) is 19.1 Å². The normalized spacial score (nSPS) is 19.6. The third kappa shape index (κ3) is 5.07. The van der Waals surface area contributed by atoms with Crippen LogP contribution in [0.3, 0.4) is 0 Å². The maximum absolute atomic E-state index is 12.5. The lowest BCUT2D eigenvalue weighted by Gasteiger charge is -2.42. The van der Waals surface area contributed by atoms with Gasteiger partial charge in [0.1, 0.15) is 0 Å². The number of nitrogens with zero attached hydrogens (tertiary/aromatic N) is 2. The first-order valence-electron chi connectivity index (χ1n) is 8.18. The number of hydrogen-bond acceptors (Lipinski definition) is 4. The predicted molar refractivity (Wildman–Crippen MR) is 95.2 cm³/mol. The maximum atomic E-state index is 12.5. The van der Waals surface area contributed by atoms with Gasteiger partial charge in [0.15, 0.2) is 0 Å². The molecule has 1 fully saturated rings. The molecule has 0 radical (unpaired) electrons. The van der Waals surface area contributed by atoms with E-state index >= 15 is 0 Å². The molecule has 1 aromatic rings. The summed E-state index contributed by atoms with van der Waals surface area (Å²) in [5.41, 5.74) is 0. The number of rotatable bonds is 9. The number of likely N-dealkylation sites (N-methyl/N-ethyl adjacent to an activating group) is 1. The quantitative estimate of drug-likeness (QED) is 0.670. The lowest BCUT2D eigenvalue weighted by molar-refractivity contribution is -0.139. The SMILES string of the molecule is C=CCN(Cc1cccs1)C(=O)NC1CC(N(CC)CC(=O)O)C1. The zero-order valence-corrected chi connectivity index (χ0v) is 14.8. The van der Waals surface area contributed by atoms with Crippen LogP contribution in [0.4, 0.5) is 4.79 Å². The van der Waals surface area contributed by atoms with Gasteiger partial charge in [-0.3, -0.25) is 9.69 Å². The van der Waals surface area contributed by atoms with Gasteiger partial charge in [0, 0.05) is 23.5 Å². The van der Waals surface area contributed by atoms with Gasteiger partial charge < -0.3 is 15.3 Å². The zero-order valence-electron chi connectivity index (χ0n) is 14.0. The van der Waals surface area contributed by atoms with Crippen molar-refractivity contribution < 1.29 is 14.7 Å². The highest BCUT2D eigenvalue weighted by Crippen LogP contribution is 2.26. The van der Waals surface area contributed by atoms with Crippen LogP contribution in [0.15, 0.2) is 30.2 Å². The van der Waals surface area contributed by atoms with E-state index in [0.29, 0.717) is 19.6 Å². The van der Waals surface area contributed by atoms with Gasteiger partial charge in [0.25, 0.3) is 0 Å². The summed E-state index contributed by atoms with van der Waals surface area (Å²) in [5.74, 6) is -0.808. The number of aliphatic carboxylic acids is 1. The van der Waals surface area contributed by atoms with Crippen LogP contribution in [-0.2, 0) is 11.3 Å². The van der Waals surface area contributed by atoms with Crippen LogP contribution in [0.1, 0.15) is 24.6 Å². The first-order valence-corrected chi connectivity index (χ1v) is 9.06. The van der Waals surface area contributed by atoms with Crippen molar-refractivity contribution in [2.24, 2.45) is 0 Å². The Kier molecular flexibility index (Phi) is 6.81. The van der Waals surface area contributed by atoms with Crippen molar-refractivity contribution in [2.75, 3.05) is 19.6 Å². The highest BCUT2D eigenvalue weighted by atomic mass is 32.1. The number of amides is 2. The smallest absolute Gasteiger partial charge is 0.318 e. The Hall–Kier alpha value is -1.86. The van der Waals surface area contributed by atoms with Gasteiger partial charge >= 0.3 is 12.0 Å². The van der Waals surface area contributed by atoms with Crippen molar-refractivity contribution in [3.05, 3.63) is 35.0 Å². The summed E-state index contributed by atoms with van der Waals surface area (Å²) in [5, 5.41) is 14.0. The van der Waals surface area contributed by atoms with Crippen LogP contribution in [0.2, 0.25) is 0 Å². The third-order valence-electron chi connectivity index (χ3n) is 4.27. The maximum Gasteiger partial charge on any atom is 0.318 e. The van der Waals surface area contributed by atoms with Crippen molar-refractivity contribution in [3.63, 3.8) is 0 Å². The highest BCUT2D eigenvalue weighted by Gasteiger charge is 2.35. The van der Waals surface area contributed by atoms with E-state index in [2.05, 4.69) is 11.9 Å². The number of thiophene rings is 1. The highest BCUT2D eigenvalue weighted by molar-refractivity contribution is 7.09. The van der Waals surface area contributed by atoms with Crippen LogP contribution < -0.4 is 5.32 Å². The van der Waals surface area contributed by atoms with Crippen molar-refractivity contribution in [2.45, 2.75) is 38.4 Å². The minimum Gasteiger partial charge on any atom is -0.480 e. The second kappa shape index (κ2) is 8.84. The van der Waals surface area contributed by atoms with Gasteiger partial charge in [-0.2, -0.15) is 0 Å². The number of carboxylic acid groups (broad SMARTS) is 1. The molecule has 0 spiro atoms. The summed E-state index contributed by atoms with van der Waals surface area (Å²) in [6, 6.07) is 4.25. The molecule has 1 aromatic heterocycles. The molecule has 0 bridgehead atoms. The minimum atomic E-state index is -0.808. The average molecular weight is 351 g/mol. The molecule has 24 heavy (non-hydrogen) atoms. The molecule has 1 aliphatic carbocycles. The summed E-state index contributed by atoms with van der Waals surface area (Å²) >= 11 is 1.63. The third-order valence-corrected chi connectivity index (χ3v) is 5.13. The van der Waals surface area contributed by atoms with E-state index in [1.165, 1.54) is 0 Å². The number of nitrogens with one attached hydrogen (secondary N) is 1. The van der Waals surface area contributed by atoms with Gasteiger partial charge in [-0.15, -0.1) is 17.9 Å². The topological polar surface area (TPSA) is 72.9 Å². The molecule has 0 saturated heterocycles. The second-order valence-electron chi connectivity index (χ2n) is 5.98. The Bertz CT molecular complexity index is 555. The van der Waals surface area contributed by atoms with E-state index in [-0.39, 0.29) is 24.7 Å². The van der Waals surface area contributed by atoms with E-state index in [9.17, 15) is 9.59 Å². The number of urea groups is 1. The molecule has 2 amide bonds. The fourth-order valence-electron chi connectivity index (χ4n) is 2.91. The lowest BCUT2D eigenvalue weighted by atomic mass is 9.85. The van der Waals surface area contributed by atoms with Crippen LogP contribution in [0, 0.1) is 0 Å². The largest absolute Gasteiger partial charge is 0.480 e. The Morgan fingerprint density at radius 2 is 2.25 bits per heavy atom. The second-order valence-corrected chi connectivity index (χ2v) is 7.01. The summed E-state index contributed by atoms with van der Waals surface area (Å²) in [6.45, 7) is 7.52. The number of carbonyl (C=O) groups excluding carboxylic acids is 1. The summed E-state index contributed by atoms with van der Waals surface area (Å²) < 4.78 is 0. The zero-order chi connectivity index (χ0) is 17.5. The van der Waals surface area contributed by atoms with Crippen molar-refractivity contribution in [1.29, 1.82) is 0 Å². The van der Waals surface area contributed by atoms with Gasteiger partial charge in [0.2, 0.25) is 0 Å². The minimum absolute atomic E-state index is 0.0583. The molecule has 2 rings (SSSR count). The lowest BCUT2D eigenvalue weighted by Crippen LogP contribution is -2.56. The number of carbonyl (C=O) groups is 2. The molecule has 0 aromatic carbocycles. The van der Waals surface area contributed by atoms with E-state index < -0.39 is 5.97 Å². The van der Waals surface area contributed by atoms with E-state index in [1.807, 2.05) is 29.3 Å². The molecular formula is C17H25N3O3S. The molecule has 1 saturated carbocycles. The monoisotopic (exact) mass is 351 g/mol. The van der Waals surface area contributed by atoms with Crippen molar-refractivity contribution in [1.82, 2.24) is 15.1 Å². The number of hydrogen-bond donors (Lipinski definition) is 2. The van der Waals surface area contributed by atoms with Crippen LogP contribution in [-0.4, -0.2) is 58.6 Å². The summed E-state index contributed by atoms with van der Waals surface area (Å²) in [6.07, 6.45) is 3.32. The first kappa shape index (κ1) is 18.5. The van der Waals surface area contributed by atoms with Crippen molar-refractivity contribution in [3.8, 4) is 0 Å². The average Bonchev–Trinajstić information content (AvgIpc) is 3.00. The van der Waals surface area contributed by atoms with E-state index in [4.69, 9.17) is 5.11 Å². The van der Waals surface area contributed by atoms with Gasteiger partial charge in [-0.05, 0) is 30.8 Å². The van der Waals surface area contributed by atoms with Crippen LogP contribution in [0.5, 0.6) is 0 Å². The Balaban J connectivity index is 1.81. The van der Waals surface area contributed by atoms with Crippen molar-refractivity contribution >= 4 is 23.3 Å². The standard InChI is InChI=1S/C17H25N3O3S/c1-3-7-20(11-15-6-5-8-24-15)17(23)18-13-9-14(10-13)19(4-2)12-16(21)22/h3,5-6,8,13-14H,1,4,7,9-12H2,2H3,(H,18,23)(H,21,22). The summed E-state index contributed by atoms with van der Waals surface area (Å²) in [7, 11) is 0. The first-order chi connectivity index (χ1) is 11.5. The molecule has 0 atom stereocenters. The molecule has 0 unspecified atom stereocenters. The van der Waals surface area contributed by atoms with Crippen LogP contribution >= 0.6 is 11.3 Å². The Labute approximate surface area is 146 Å². The van der Waals surface area contributed by atoms with Crippen LogP contribution in [0.25, 0.3) is 0 Å².